The van der Waals surface area contributed by atoms with Gasteiger partial charge in [0.15, 0.2) is 11.3 Å². The van der Waals surface area contributed by atoms with Gasteiger partial charge < -0.3 is 10.6 Å². The second-order valence-electron chi connectivity index (χ2n) is 12.3. The van der Waals surface area contributed by atoms with Gasteiger partial charge in [-0.25, -0.2) is 4.98 Å². The summed E-state index contributed by atoms with van der Waals surface area (Å²) in [4.78, 5) is 33.7. The van der Waals surface area contributed by atoms with Gasteiger partial charge in [-0.15, -0.1) is 11.3 Å². The van der Waals surface area contributed by atoms with E-state index in [1.807, 2.05) is 31.4 Å². The number of amides is 2. The average Bonchev–Trinajstić information content (AvgIpc) is 3.30. The number of fused-ring (bicyclic) bond motifs is 1. The highest BCUT2D eigenvalue weighted by molar-refractivity contribution is 9.10. The van der Waals surface area contributed by atoms with Crippen molar-refractivity contribution < 1.29 is 22.8 Å². The molecule has 16 heteroatoms. The fraction of sp³-hybridized carbons (Fsp3) is 0.400. The number of carbonyl (C=O) groups excluding carboxylic acids is 2. The van der Waals surface area contributed by atoms with Gasteiger partial charge in [-0.1, -0.05) is 0 Å². The van der Waals surface area contributed by atoms with Crippen molar-refractivity contribution in [1.82, 2.24) is 45.0 Å². The van der Waals surface area contributed by atoms with Crippen molar-refractivity contribution in [3.8, 4) is 10.4 Å². The number of nitrogens with zero attached hydrogens (tertiary/aromatic N) is 7. The topological polar surface area (TPSA) is 125 Å². The molecule has 242 valence electrons. The molecule has 2 amide bonds. The molecule has 5 aromatic heterocycles. The van der Waals surface area contributed by atoms with E-state index in [9.17, 15) is 22.8 Å². The number of carbonyl (C=O) groups is 2. The van der Waals surface area contributed by atoms with Gasteiger partial charge in [0, 0.05) is 77.7 Å². The largest absolute Gasteiger partial charge is 0.435 e. The van der Waals surface area contributed by atoms with E-state index < -0.39 is 29.4 Å². The number of alkyl halides is 3. The van der Waals surface area contributed by atoms with Crippen LogP contribution in [0, 0.1) is 5.92 Å². The zero-order valence-corrected chi connectivity index (χ0v) is 27.7. The molecule has 3 atom stereocenters. The summed E-state index contributed by atoms with van der Waals surface area (Å²) >= 11 is 4.74. The third-order valence-corrected chi connectivity index (χ3v) is 9.64. The zero-order chi connectivity index (χ0) is 33.0. The van der Waals surface area contributed by atoms with E-state index in [-0.39, 0.29) is 35.3 Å². The molecule has 0 saturated heterocycles. The lowest BCUT2D eigenvalue weighted by Crippen LogP contribution is -2.55. The lowest BCUT2D eigenvalue weighted by atomic mass is 10.0. The first-order valence-electron chi connectivity index (χ1n) is 14.5. The first kappa shape index (κ1) is 31.9. The van der Waals surface area contributed by atoms with Crippen LogP contribution < -0.4 is 10.6 Å². The van der Waals surface area contributed by atoms with Crippen LogP contribution in [0.25, 0.3) is 21.5 Å². The summed E-state index contributed by atoms with van der Waals surface area (Å²) in [5.41, 5.74) is 0.368. The summed E-state index contributed by atoms with van der Waals surface area (Å²) in [5, 5.41) is 18.9. The van der Waals surface area contributed by atoms with Crippen molar-refractivity contribution in [2.75, 3.05) is 0 Å². The third-order valence-electron chi connectivity index (χ3n) is 7.74. The van der Waals surface area contributed by atoms with E-state index in [0.29, 0.717) is 12.1 Å². The van der Waals surface area contributed by atoms with E-state index in [0.717, 1.165) is 37.0 Å². The van der Waals surface area contributed by atoms with Crippen molar-refractivity contribution in [2.24, 2.45) is 20.0 Å². The standard InChI is InChI=1S/C30H31BrF3N9O2S/c1-29(2,15-43-25(31)10-24(39-43)30(32,33)34)38-28(45)21(7-16-11-36-41(3)13-16)37-27(44)20-9-19(20)23-6-5-22(46-23)17-8-18-14-42(4)40-26(18)35-12-17/h5-6,8,10-14,19-21H,7,9,15H2,1-4H3,(H,37,44)(H,38,45)/t19-,20-,21-/m1/s1. The maximum atomic E-state index is 13.6. The number of aromatic nitrogens is 7. The maximum absolute atomic E-state index is 13.6. The molecular weight excluding hydrogens is 687 g/mol. The molecule has 0 radical (unpaired) electrons. The minimum atomic E-state index is -4.60. The van der Waals surface area contributed by atoms with Crippen molar-refractivity contribution in [1.29, 1.82) is 0 Å². The number of pyridine rings is 1. The molecule has 1 fully saturated rings. The van der Waals surface area contributed by atoms with Gasteiger partial charge in [-0.2, -0.15) is 28.5 Å². The first-order valence-corrected chi connectivity index (χ1v) is 16.1. The van der Waals surface area contributed by atoms with Crippen molar-refractivity contribution in [3.63, 3.8) is 0 Å². The molecule has 0 bridgehead atoms. The number of nitrogens with one attached hydrogen (secondary N) is 2. The van der Waals surface area contributed by atoms with Crippen LogP contribution in [-0.2, 0) is 42.8 Å². The molecule has 6 rings (SSSR count). The molecule has 11 nitrogen and oxygen atoms in total. The quantitative estimate of drug-likeness (QED) is 0.213. The van der Waals surface area contributed by atoms with E-state index in [1.165, 1.54) is 0 Å². The molecule has 0 aromatic carbocycles. The van der Waals surface area contributed by atoms with Gasteiger partial charge in [0.05, 0.1) is 18.3 Å². The lowest BCUT2D eigenvalue weighted by Gasteiger charge is -2.29. The highest BCUT2D eigenvalue weighted by Crippen LogP contribution is 2.51. The molecule has 0 unspecified atom stereocenters. The van der Waals surface area contributed by atoms with Crippen molar-refractivity contribution >= 4 is 50.1 Å². The predicted octanol–water partition coefficient (Wildman–Crippen LogP) is 4.83. The van der Waals surface area contributed by atoms with Crippen LogP contribution in [0.2, 0.25) is 0 Å². The highest BCUT2D eigenvalue weighted by Gasteiger charge is 2.46. The summed E-state index contributed by atoms with van der Waals surface area (Å²) in [5.74, 6) is -0.948. The minimum absolute atomic E-state index is 0.0346. The molecule has 5 aromatic rings. The van der Waals surface area contributed by atoms with E-state index in [2.05, 4.69) is 46.8 Å². The number of rotatable bonds is 10. The summed E-state index contributed by atoms with van der Waals surface area (Å²) in [6.07, 6.45) is 3.36. The number of hydrogen-bond donors (Lipinski definition) is 2. The molecule has 0 aliphatic heterocycles. The molecule has 0 spiro atoms. The molecule has 1 aliphatic carbocycles. The highest BCUT2D eigenvalue weighted by atomic mass is 79.9. The molecule has 46 heavy (non-hydrogen) atoms. The summed E-state index contributed by atoms with van der Waals surface area (Å²) in [6.45, 7) is 3.32. The Balaban J connectivity index is 1.13. The van der Waals surface area contributed by atoms with Crippen molar-refractivity contribution in [3.05, 3.63) is 69.8 Å². The molecule has 1 aliphatic rings. The van der Waals surface area contributed by atoms with Crippen molar-refractivity contribution in [2.45, 2.75) is 56.9 Å². The summed E-state index contributed by atoms with van der Waals surface area (Å²) in [6, 6.07) is 6.07. The Morgan fingerprint density at radius 1 is 1.11 bits per heavy atom. The maximum Gasteiger partial charge on any atom is 0.435 e. The fourth-order valence-electron chi connectivity index (χ4n) is 5.45. The molecule has 5 heterocycles. The average molecular weight is 719 g/mol. The SMILES string of the molecule is Cn1cc(C[C@@H](NC(=O)[C@@H]2C[C@H]2c2ccc(-c3cnc4nn(C)cc4c3)s2)C(=O)NC(C)(C)Cn2nc(C(F)(F)F)cc2Br)cn1. The van der Waals surface area contributed by atoms with Gasteiger partial charge in [0.1, 0.15) is 10.6 Å². The smallest absolute Gasteiger partial charge is 0.348 e. The number of hydrogen-bond acceptors (Lipinski definition) is 7. The second kappa shape index (κ2) is 12.0. The fourth-order valence-corrected chi connectivity index (χ4v) is 7.04. The number of halogens is 4. The monoisotopic (exact) mass is 717 g/mol. The van der Waals surface area contributed by atoms with Crippen LogP contribution in [0.3, 0.4) is 0 Å². The number of aryl methyl sites for hydroxylation is 2. The lowest BCUT2D eigenvalue weighted by molar-refractivity contribution is -0.141. The summed E-state index contributed by atoms with van der Waals surface area (Å²) in [7, 11) is 3.61. The van der Waals surface area contributed by atoms with Gasteiger partial charge >= 0.3 is 6.18 Å². The molecular formula is C30H31BrF3N9O2S. The Morgan fingerprint density at radius 3 is 2.59 bits per heavy atom. The van der Waals surface area contributed by atoms with E-state index >= 15 is 0 Å². The van der Waals surface area contributed by atoms with Crippen LogP contribution in [-0.4, -0.2) is 57.7 Å². The van der Waals surface area contributed by atoms with Gasteiger partial charge in [0.25, 0.3) is 0 Å². The Morgan fingerprint density at radius 2 is 1.89 bits per heavy atom. The van der Waals surface area contributed by atoms with E-state index in [1.54, 1.807) is 60.2 Å². The zero-order valence-electron chi connectivity index (χ0n) is 25.3. The normalized spacial score (nSPS) is 17.3. The van der Waals surface area contributed by atoms with Crippen LogP contribution in [0.15, 0.2) is 53.7 Å². The van der Waals surface area contributed by atoms with Crippen LogP contribution in [0.4, 0.5) is 13.2 Å². The van der Waals surface area contributed by atoms with Gasteiger partial charge in [-0.3, -0.25) is 23.6 Å². The van der Waals surface area contributed by atoms with E-state index in [4.69, 9.17) is 0 Å². The Labute approximate surface area is 274 Å². The summed E-state index contributed by atoms with van der Waals surface area (Å²) < 4.78 is 44.1. The first-order chi connectivity index (χ1) is 21.6. The van der Waals surface area contributed by atoms with Crippen LogP contribution >= 0.6 is 27.3 Å². The Kier molecular flexibility index (Phi) is 8.29. The molecule has 1 saturated carbocycles. The number of thiophene rings is 1. The third kappa shape index (κ3) is 7.02. The minimum Gasteiger partial charge on any atom is -0.348 e. The van der Waals surface area contributed by atoms with Gasteiger partial charge in [0.2, 0.25) is 11.8 Å². The Hall–Kier alpha value is -4.05. The predicted molar refractivity (Wildman–Crippen MR) is 169 cm³/mol. The second-order valence-corrected chi connectivity index (χ2v) is 14.2. The van der Waals surface area contributed by atoms with Crippen LogP contribution in [0.1, 0.15) is 42.3 Å². The van der Waals surface area contributed by atoms with Gasteiger partial charge in [-0.05, 0) is 60.0 Å². The molecule has 2 N–H and O–H groups in total. The van der Waals surface area contributed by atoms with Crippen LogP contribution in [0.5, 0.6) is 0 Å². The Bertz CT molecular complexity index is 1930.